The van der Waals surface area contributed by atoms with E-state index in [9.17, 15) is 14.7 Å². The minimum Gasteiger partial charge on any atom is -0.390 e. The zero-order valence-corrected chi connectivity index (χ0v) is 21.9. The van der Waals surface area contributed by atoms with Gasteiger partial charge in [-0.05, 0) is 98.8 Å². The van der Waals surface area contributed by atoms with E-state index in [0.29, 0.717) is 41.6 Å². The van der Waals surface area contributed by atoms with E-state index in [4.69, 9.17) is 0 Å². The molecule has 0 saturated carbocycles. The van der Waals surface area contributed by atoms with Gasteiger partial charge < -0.3 is 5.11 Å². The Bertz CT molecular complexity index is 800. The molecule has 0 amide bonds. The molecule has 0 unspecified atom stereocenters. The largest absolute Gasteiger partial charge is 0.390 e. The van der Waals surface area contributed by atoms with Crippen LogP contribution in [0.5, 0.6) is 0 Å². The first-order valence-electron chi connectivity index (χ1n) is 12.4. The number of Topliss-reactive ketones (excluding diaryl/α,β-unsaturated/α-hetero) is 2. The lowest BCUT2D eigenvalue weighted by molar-refractivity contribution is -0.116. The highest BCUT2D eigenvalue weighted by Gasteiger charge is 2.29. The molecule has 1 atom stereocenters. The summed E-state index contributed by atoms with van der Waals surface area (Å²) in [6.07, 6.45) is 12.9. The zero-order chi connectivity index (χ0) is 24.5. The molecule has 1 aliphatic carbocycles. The van der Waals surface area contributed by atoms with Crippen molar-refractivity contribution in [1.29, 1.82) is 0 Å². The van der Waals surface area contributed by atoms with E-state index < -0.39 is 5.60 Å². The van der Waals surface area contributed by atoms with Crippen LogP contribution in [0.2, 0.25) is 0 Å². The molecule has 3 nitrogen and oxygen atoms in total. The number of carbonyl (C=O) groups is 2. The third-order valence-corrected chi connectivity index (χ3v) is 6.78. The van der Waals surface area contributed by atoms with Gasteiger partial charge in [-0.1, -0.05) is 43.6 Å². The Kier molecular flexibility index (Phi) is 11.6. The maximum atomic E-state index is 12.6. The highest BCUT2D eigenvalue weighted by molar-refractivity contribution is 6.24. The molecule has 1 aliphatic rings. The van der Waals surface area contributed by atoms with Crippen molar-refractivity contribution in [3.63, 3.8) is 0 Å². The Morgan fingerprint density at radius 3 is 2.06 bits per heavy atom. The third kappa shape index (κ3) is 9.40. The SMILES string of the molecule is CC(=CCC[C@](C)(O)CCC1=C(C)C(=O)C(C)=C(C)C1=O)CCC=C(C)CCCC(C)C. The van der Waals surface area contributed by atoms with Crippen molar-refractivity contribution in [3.8, 4) is 0 Å². The first-order valence-corrected chi connectivity index (χ1v) is 12.4. The predicted molar refractivity (Wildman–Crippen MR) is 136 cm³/mol. The van der Waals surface area contributed by atoms with E-state index in [1.54, 1.807) is 20.8 Å². The van der Waals surface area contributed by atoms with Crippen LogP contribution in [-0.2, 0) is 9.59 Å². The van der Waals surface area contributed by atoms with Crippen molar-refractivity contribution in [1.82, 2.24) is 0 Å². The number of aliphatic hydroxyl groups is 1. The third-order valence-electron chi connectivity index (χ3n) is 6.78. The second kappa shape index (κ2) is 13.1. The highest BCUT2D eigenvalue weighted by Crippen LogP contribution is 2.30. The molecule has 0 spiro atoms. The molecular weight excluding hydrogens is 396 g/mol. The Balaban J connectivity index is 2.47. The summed E-state index contributed by atoms with van der Waals surface area (Å²) in [6.45, 7) is 15.9. The van der Waals surface area contributed by atoms with Crippen LogP contribution in [0.4, 0.5) is 0 Å². The second-order valence-electron chi connectivity index (χ2n) is 10.5. The van der Waals surface area contributed by atoms with Gasteiger partial charge in [0.15, 0.2) is 11.6 Å². The summed E-state index contributed by atoms with van der Waals surface area (Å²) in [5, 5.41) is 10.8. The topological polar surface area (TPSA) is 54.4 Å². The van der Waals surface area contributed by atoms with Crippen molar-refractivity contribution >= 4 is 11.6 Å². The van der Waals surface area contributed by atoms with Crippen LogP contribution in [0.3, 0.4) is 0 Å². The maximum absolute atomic E-state index is 12.6. The van der Waals surface area contributed by atoms with E-state index in [0.717, 1.165) is 25.2 Å². The average Bonchev–Trinajstić information content (AvgIpc) is 2.70. The molecular formula is C29H46O3. The molecule has 0 aromatic carbocycles. The first-order chi connectivity index (χ1) is 14.9. The molecule has 32 heavy (non-hydrogen) atoms. The molecule has 0 aromatic rings. The van der Waals surface area contributed by atoms with Crippen molar-refractivity contribution in [2.45, 2.75) is 119 Å². The molecule has 180 valence electrons. The summed E-state index contributed by atoms with van der Waals surface area (Å²) >= 11 is 0. The lowest BCUT2D eigenvalue weighted by atomic mass is 9.82. The van der Waals surface area contributed by atoms with Gasteiger partial charge in [-0.3, -0.25) is 9.59 Å². The maximum Gasteiger partial charge on any atom is 0.185 e. The fourth-order valence-corrected chi connectivity index (χ4v) is 4.14. The quantitative estimate of drug-likeness (QED) is 0.236. The van der Waals surface area contributed by atoms with Crippen molar-refractivity contribution in [2.24, 2.45) is 5.92 Å². The van der Waals surface area contributed by atoms with Crippen LogP contribution in [0.25, 0.3) is 0 Å². The summed E-state index contributed by atoms with van der Waals surface area (Å²) in [6, 6.07) is 0. The first kappa shape index (κ1) is 28.3. The summed E-state index contributed by atoms with van der Waals surface area (Å²) in [4.78, 5) is 24.9. The molecule has 0 fully saturated rings. The number of ketones is 2. The van der Waals surface area contributed by atoms with Gasteiger partial charge in [-0.25, -0.2) is 0 Å². The van der Waals surface area contributed by atoms with Crippen LogP contribution in [-0.4, -0.2) is 22.3 Å². The van der Waals surface area contributed by atoms with Gasteiger partial charge in [0.1, 0.15) is 0 Å². The number of hydrogen-bond donors (Lipinski definition) is 1. The van der Waals surface area contributed by atoms with E-state index in [1.807, 2.05) is 6.92 Å². The molecule has 3 heteroatoms. The number of carbonyl (C=O) groups excluding carboxylic acids is 2. The molecule has 0 heterocycles. The number of allylic oxidation sites excluding steroid dienone is 8. The van der Waals surface area contributed by atoms with Gasteiger partial charge in [0.2, 0.25) is 0 Å². The minimum absolute atomic E-state index is 0.0421. The smallest absolute Gasteiger partial charge is 0.185 e. The second-order valence-corrected chi connectivity index (χ2v) is 10.5. The van der Waals surface area contributed by atoms with Gasteiger partial charge in [-0.15, -0.1) is 0 Å². The fourth-order valence-electron chi connectivity index (χ4n) is 4.14. The van der Waals surface area contributed by atoms with Crippen LogP contribution in [0, 0.1) is 5.92 Å². The molecule has 1 rings (SSSR count). The normalized spacial score (nSPS) is 18.2. The standard InChI is InChI=1S/C29H46O3/c1-20(2)12-9-13-21(3)14-10-15-22(4)16-11-18-29(8,32)19-17-26-25(7)27(30)23(5)24(6)28(26)31/h14,16,20,32H,9-13,15,17-19H2,1-8H3/t29-/m0/s1. The van der Waals surface area contributed by atoms with Crippen LogP contribution in [0.15, 0.2) is 45.6 Å². The highest BCUT2D eigenvalue weighted by atomic mass is 16.3. The van der Waals surface area contributed by atoms with E-state index in [2.05, 4.69) is 39.8 Å². The molecule has 0 radical (unpaired) electrons. The summed E-state index contributed by atoms with van der Waals surface area (Å²) in [7, 11) is 0. The van der Waals surface area contributed by atoms with Gasteiger partial charge in [-0.2, -0.15) is 0 Å². The summed E-state index contributed by atoms with van der Waals surface area (Å²) < 4.78 is 0. The van der Waals surface area contributed by atoms with Gasteiger partial charge in [0.05, 0.1) is 5.60 Å². The lowest BCUT2D eigenvalue weighted by Gasteiger charge is -2.25. The summed E-state index contributed by atoms with van der Waals surface area (Å²) in [5.74, 6) is 0.694. The van der Waals surface area contributed by atoms with E-state index in [-0.39, 0.29) is 11.6 Å². The van der Waals surface area contributed by atoms with Crippen LogP contribution in [0.1, 0.15) is 113 Å². The number of hydrogen-bond acceptors (Lipinski definition) is 3. The molecule has 0 aromatic heterocycles. The monoisotopic (exact) mass is 442 g/mol. The van der Waals surface area contributed by atoms with E-state index in [1.165, 1.54) is 30.4 Å². The predicted octanol–water partition coefficient (Wildman–Crippen LogP) is 7.60. The molecule has 0 saturated heterocycles. The Morgan fingerprint density at radius 2 is 1.44 bits per heavy atom. The average molecular weight is 443 g/mol. The minimum atomic E-state index is -0.857. The zero-order valence-electron chi connectivity index (χ0n) is 21.9. The van der Waals surface area contributed by atoms with Gasteiger partial charge >= 0.3 is 0 Å². The van der Waals surface area contributed by atoms with Crippen molar-refractivity contribution in [3.05, 3.63) is 45.6 Å². The van der Waals surface area contributed by atoms with E-state index >= 15 is 0 Å². The van der Waals surface area contributed by atoms with Crippen molar-refractivity contribution in [2.75, 3.05) is 0 Å². The molecule has 0 aliphatic heterocycles. The van der Waals surface area contributed by atoms with Gasteiger partial charge in [0.25, 0.3) is 0 Å². The lowest BCUT2D eigenvalue weighted by Crippen LogP contribution is -2.26. The summed E-state index contributed by atoms with van der Waals surface area (Å²) in [5.41, 5.74) is 4.18. The molecule has 1 N–H and O–H groups in total. The Morgan fingerprint density at radius 1 is 0.875 bits per heavy atom. The van der Waals surface area contributed by atoms with Crippen LogP contribution >= 0.6 is 0 Å². The van der Waals surface area contributed by atoms with Crippen molar-refractivity contribution < 1.29 is 14.7 Å². The molecule has 0 bridgehead atoms. The fraction of sp³-hybridized carbons (Fsp3) is 0.655. The Labute approximate surface area is 196 Å². The Hall–Kier alpha value is -1.74. The number of rotatable bonds is 13. The van der Waals surface area contributed by atoms with Crippen LogP contribution < -0.4 is 0 Å². The van der Waals surface area contributed by atoms with Gasteiger partial charge in [0, 0.05) is 22.3 Å².